The van der Waals surface area contributed by atoms with Gasteiger partial charge >= 0.3 is 0 Å². The Labute approximate surface area is 173 Å². The number of nitrogens with one attached hydrogen (secondary N) is 2. The smallest absolute Gasteiger partial charge is 0.246 e. The van der Waals surface area contributed by atoms with Crippen LogP contribution in [0.5, 0.6) is 5.75 Å². The zero-order chi connectivity index (χ0) is 21.7. The maximum absolute atomic E-state index is 12.4. The topological polar surface area (TPSA) is 141 Å². The van der Waals surface area contributed by atoms with Gasteiger partial charge in [0.05, 0.1) is 6.61 Å². The molecule has 1 saturated heterocycles. The van der Waals surface area contributed by atoms with Gasteiger partial charge in [-0.3, -0.25) is 4.79 Å². The average Bonchev–Trinajstić information content (AvgIpc) is 2.75. The number of hydrogen-bond donors (Lipinski definition) is 6. The summed E-state index contributed by atoms with van der Waals surface area (Å²) < 4.78 is 10.6. The third-order valence-corrected chi connectivity index (χ3v) is 4.79. The molecule has 0 aromatic heterocycles. The number of benzene rings is 2. The van der Waals surface area contributed by atoms with Gasteiger partial charge in [-0.2, -0.15) is 0 Å². The highest BCUT2D eigenvalue weighted by atomic mass is 16.7. The molecule has 0 aliphatic carbocycles. The molecule has 0 radical (unpaired) electrons. The summed E-state index contributed by atoms with van der Waals surface area (Å²) in [5, 5.41) is 45.0. The molecule has 30 heavy (non-hydrogen) atoms. The summed E-state index contributed by atoms with van der Waals surface area (Å²) in [6.07, 6.45) is -6.71. The Morgan fingerprint density at radius 3 is 2.33 bits per heavy atom. The standard InChI is InChI=1S/C21H26N2O7/c1-12(22-13-5-3-2-4-6-13)20(27)23-14-7-9-15(10-8-14)29-19-18(26)17(25)16(11-24)30-21(19)28/h2-10,12,16-19,21-22,24-26,28H,11H2,1H3,(H,23,27)/t12?,16-,17-,18+,19+,21+/m1/s1. The first kappa shape index (κ1) is 22.0. The van der Waals surface area contributed by atoms with Gasteiger partial charge in [0, 0.05) is 11.4 Å². The lowest BCUT2D eigenvalue weighted by atomic mass is 9.99. The predicted molar refractivity (Wildman–Crippen MR) is 109 cm³/mol. The van der Waals surface area contributed by atoms with Crippen LogP contribution in [0.3, 0.4) is 0 Å². The van der Waals surface area contributed by atoms with Crippen LogP contribution >= 0.6 is 0 Å². The normalized spacial score (nSPS) is 27.2. The minimum atomic E-state index is -1.52. The van der Waals surface area contributed by atoms with E-state index in [9.17, 15) is 20.1 Å². The summed E-state index contributed by atoms with van der Waals surface area (Å²) in [5.41, 5.74) is 1.37. The highest BCUT2D eigenvalue weighted by Crippen LogP contribution is 2.25. The SMILES string of the molecule is CC(Nc1ccccc1)C(=O)Nc1ccc(O[C@H]2[C@@H](O)[C@H](O)[C@@H](CO)O[C@@H]2O)cc1. The second kappa shape index (κ2) is 9.88. The van der Waals surface area contributed by atoms with E-state index in [-0.39, 0.29) is 5.91 Å². The minimum absolute atomic E-state index is 0.225. The molecule has 9 heteroatoms. The highest BCUT2D eigenvalue weighted by molar-refractivity contribution is 5.96. The minimum Gasteiger partial charge on any atom is -0.482 e. The summed E-state index contributed by atoms with van der Waals surface area (Å²) in [6.45, 7) is 1.20. The van der Waals surface area contributed by atoms with Crippen molar-refractivity contribution in [1.82, 2.24) is 0 Å². The summed E-state index contributed by atoms with van der Waals surface area (Å²) in [6, 6.07) is 15.2. The lowest BCUT2D eigenvalue weighted by Gasteiger charge is -2.39. The maximum atomic E-state index is 12.4. The fourth-order valence-corrected chi connectivity index (χ4v) is 3.07. The molecule has 1 aliphatic heterocycles. The van der Waals surface area contributed by atoms with E-state index in [1.807, 2.05) is 30.3 Å². The number of aliphatic hydroxyl groups excluding tert-OH is 4. The summed E-state index contributed by atoms with van der Waals surface area (Å²) >= 11 is 0. The number of rotatable bonds is 7. The van der Waals surface area contributed by atoms with Gasteiger partial charge < -0.3 is 40.5 Å². The van der Waals surface area contributed by atoms with Crippen molar-refractivity contribution in [2.75, 3.05) is 17.2 Å². The molecule has 2 aromatic carbocycles. The van der Waals surface area contributed by atoms with Crippen LogP contribution < -0.4 is 15.4 Å². The molecule has 6 atom stereocenters. The molecule has 162 valence electrons. The number of para-hydroxylation sites is 1. The van der Waals surface area contributed by atoms with Gasteiger partial charge in [0.1, 0.15) is 30.1 Å². The van der Waals surface area contributed by atoms with E-state index in [1.165, 1.54) is 0 Å². The van der Waals surface area contributed by atoms with Crippen LogP contribution in [0.4, 0.5) is 11.4 Å². The van der Waals surface area contributed by atoms with E-state index < -0.39 is 43.4 Å². The fourth-order valence-electron chi connectivity index (χ4n) is 3.07. The molecule has 0 bridgehead atoms. The first-order valence-corrected chi connectivity index (χ1v) is 9.58. The molecule has 1 amide bonds. The van der Waals surface area contributed by atoms with Crippen LogP contribution in [-0.2, 0) is 9.53 Å². The van der Waals surface area contributed by atoms with E-state index in [4.69, 9.17) is 14.6 Å². The van der Waals surface area contributed by atoms with E-state index in [2.05, 4.69) is 10.6 Å². The Morgan fingerprint density at radius 1 is 1.03 bits per heavy atom. The number of aliphatic hydroxyl groups is 4. The Hall–Kier alpha value is -2.69. The molecule has 6 N–H and O–H groups in total. The Morgan fingerprint density at radius 2 is 1.70 bits per heavy atom. The molecular weight excluding hydrogens is 392 g/mol. The molecule has 1 heterocycles. The van der Waals surface area contributed by atoms with Crippen molar-refractivity contribution in [2.24, 2.45) is 0 Å². The third kappa shape index (κ3) is 5.26. The summed E-state index contributed by atoms with van der Waals surface area (Å²) in [7, 11) is 0. The monoisotopic (exact) mass is 418 g/mol. The van der Waals surface area contributed by atoms with Crippen molar-refractivity contribution in [3.05, 3.63) is 54.6 Å². The van der Waals surface area contributed by atoms with Crippen LogP contribution in [0.1, 0.15) is 6.92 Å². The lowest BCUT2D eigenvalue weighted by Crippen LogP contribution is -2.60. The Kier molecular flexibility index (Phi) is 7.24. The van der Waals surface area contributed by atoms with Crippen LogP contribution in [-0.4, -0.2) is 69.7 Å². The fraction of sp³-hybridized carbons (Fsp3) is 0.381. The van der Waals surface area contributed by atoms with E-state index in [0.717, 1.165) is 5.69 Å². The van der Waals surface area contributed by atoms with Crippen LogP contribution in [0.15, 0.2) is 54.6 Å². The number of carbonyl (C=O) groups excluding carboxylic acids is 1. The van der Waals surface area contributed by atoms with Crippen molar-refractivity contribution >= 4 is 17.3 Å². The molecule has 1 unspecified atom stereocenters. The number of carbonyl (C=O) groups is 1. The molecule has 9 nitrogen and oxygen atoms in total. The van der Waals surface area contributed by atoms with Crippen LogP contribution in [0.2, 0.25) is 0 Å². The number of anilines is 2. The van der Waals surface area contributed by atoms with E-state index in [0.29, 0.717) is 11.4 Å². The highest BCUT2D eigenvalue weighted by Gasteiger charge is 2.45. The summed E-state index contributed by atoms with van der Waals surface area (Å²) in [5.74, 6) is 0.0713. The van der Waals surface area contributed by atoms with Gasteiger partial charge in [-0.25, -0.2) is 0 Å². The summed E-state index contributed by atoms with van der Waals surface area (Å²) in [4.78, 5) is 12.4. The second-order valence-corrected chi connectivity index (χ2v) is 7.06. The van der Waals surface area contributed by atoms with Gasteiger partial charge in [0.2, 0.25) is 5.91 Å². The quantitative estimate of drug-likeness (QED) is 0.377. The van der Waals surface area contributed by atoms with Crippen molar-refractivity contribution < 1.29 is 34.7 Å². The van der Waals surface area contributed by atoms with E-state index in [1.54, 1.807) is 31.2 Å². The second-order valence-electron chi connectivity index (χ2n) is 7.06. The van der Waals surface area contributed by atoms with Crippen molar-refractivity contribution in [1.29, 1.82) is 0 Å². The zero-order valence-corrected chi connectivity index (χ0v) is 16.4. The number of ether oxygens (including phenoxy) is 2. The van der Waals surface area contributed by atoms with Crippen molar-refractivity contribution in [3.63, 3.8) is 0 Å². The Balaban J connectivity index is 1.56. The van der Waals surface area contributed by atoms with E-state index >= 15 is 0 Å². The molecule has 1 fully saturated rings. The van der Waals surface area contributed by atoms with Crippen molar-refractivity contribution in [2.45, 2.75) is 43.7 Å². The molecule has 2 aromatic rings. The number of hydrogen-bond acceptors (Lipinski definition) is 8. The third-order valence-electron chi connectivity index (χ3n) is 4.79. The predicted octanol–water partition coefficient (Wildman–Crippen LogP) is 0.304. The van der Waals surface area contributed by atoms with Crippen LogP contribution in [0, 0.1) is 0 Å². The number of amides is 1. The molecule has 0 saturated carbocycles. The van der Waals surface area contributed by atoms with Gasteiger partial charge in [-0.15, -0.1) is 0 Å². The largest absolute Gasteiger partial charge is 0.482 e. The molecule has 3 rings (SSSR count). The Bertz CT molecular complexity index is 818. The molecule has 1 aliphatic rings. The van der Waals surface area contributed by atoms with Gasteiger partial charge in [0.15, 0.2) is 12.4 Å². The van der Waals surface area contributed by atoms with Gasteiger partial charge in [0.25, 0.3) is 0 Å². The van der Waals surface area contributed by atoms with Crippen molar-refractivity contribution in [3.8, 4) is 5.75 Å². The molecule has 0 spiro atoms. The first-order valence-electron chi connectivity index (χ1n) is 9.58. The van der Waals surface area contributed by atoms with Crippen LogP contribution in [0.25, 0.3) is 0 Å². The van der Waals surface area contributed by atoms with Gasteiger partial charge in [-0.05, 0) is 43.3 Å². The first-order chi connectivity index (χ1) is 14.4. The van der Waals surface area contributed by atoms with Gasteiger partial charge in [-0.1, -0.05) is 18.2 Å². The average molecular weight is 418 g/mol. The zero-order valence-electron chi connectivity index (χ0n) is 16.4. The maximum Gasteiger partial charge on any atom is 0.246 e. The lowest BCUT2D eigenvalue weighted by molar-refractivity contribution is -0.280. The molecular formula is C21H26N2O7.